The fraction of sp³-hybridized carbons (Fsp3) is 0.370. The van der Waals surface area contributed by atoms with Crippen molar-refractivity contribution in [2.24, 2.45) is 23.7 Å². The largest absolute Gasteiger partial charge is 0.321 e. The van der Waals surface area contributed by atoms with Gasteiger partial charge in [0, 0.05) is 11.3 Å². The van der Waals surface area contributed by atoms with E-state index in [0.29, 0.717) is 11.3 Å². The summed E-state index contributed by atoms with van der Waals surface area (Å²) in [5.41, 5.74) is 5.18. The van der Waals surface area contributed by atoms with Gasteiger partial charge >= 0.3 is 0 Å². The van der Waals surface area contributed by atoms with Gasteiger partial charge in [0.05, 0.1) is 17.5 Å². The van der Waals surface area contributed by atoms with Crippen molar-refractivity contribution in [1.82, 2.24) is 0 Å². The van der Waals surface area contributed by atoms with Crippen LogP contribution in [0.3, 0.4) is 0 Å². The molecule has 3 aliphatic rings. The zero-order chi connectivity index (χ0) is 22.6. The molecule has 1 saturated carbocycles. The number of imide groups is 1. The zero-order valence-corrected chi connectivity index (χ0v) is 18.7. The fourth-order valence-electron chi connectivity index (χ4n) is 5.90. The fourth-order valence-corrected chi connectivity index (χ4v) is 5.90. The molecular weight excluding hydrogens is 400 g/mol. The van der Waals surface area contributed by atoms with Crippen LogP contribution in [0.1, 0.15) is 48.7 Å². The maximum atomic E-state index is 13.2. The van der Waals surface area contributed by atoms with Gasteiger partial charge in [-0.1, -0.05) is 49.8 Å². The molecule has 2 aromatic rings. The molecule has 1 heterocycles. The lowest BCUT2D eigenvalue weighted by molar-refractivity contribution is -0.123. The van der Waals surface area contributed by atoms with Gasteiger partial charge in [0.25, 0.3) is 5.91 Å². The summed E-state index contributed by atoms with van der Waals surface area (Å²) in [7, 11) is 0. The molecule has 32 heavy (non-hydrogen) atoms. The summed E-state index contributed by atoms with van der Waals surface area (Å²) in [5, 5.41) is 3.07. The van der Waals surface area contributed by atoms with Crippen LogP contribution in [-0.2, 0) is 22.4 Å². The predicted octanol–water partition coefficient (Wildman–Crippen LogP) is 4.77. The first-order chi connectivity index (χ1) is 15.4. The van der Waals surface area contributed by atoms with Crippen molar-refractivity contribution in [1.29, 1.82) is 0 Å². The van der Waals surface area contributed by atoms with E-state index in [0.717, 1.165) is 36.1 Å². The number of carbonyl (C=O) groups excluding carboxylic acids is 3. The minimum atomic E-state index is -0.253. The van der Waals surface area contributed by atoms with Crippen LogP contribution in [0.25, 0.3) is 0 Å². The topological polar surface area (TPSA) is 66.5 Å². The molecule has 2 aromatic carbocycles. The van der Waals surface area contributed by atoms with Crippen LogP contribution >= 0.6 is 0 Å². The standard InChI is InChI=1S/C27H28N2O3/c1-4-16-8-6-9-17(5-2)24(16)28-25(30)18-10-7-11-20(13-18)29-26(31)22-19-12-15(3)21(14-19)23(22)27(29)32/h6-13,19,21-23H,4-5,14H2,1-3H3,(H,28,30)/t19-,21+,22-,23-/m0/s1. The number of anilines is 2. The molecule has 164 valence electrons. The smallest absolute Gasteiger partial charge is 0.255 e. The van der Waals surface area contributed by atoms with Gasteiger partial charge in [-0.25, -0.2) is 4.90 Å². The van der Waals surface area contributed by atoms with E-state index in [9.17, 15) is 14.4 Å². The average Bonchev–Trinajstić information content (AvgIpc) is 3.44. The number of aryl methyl sites for hydroxylation is 2. The van der Waals surface area contributed by atoms with Gasteiger partial charge in [-0.3, -0.25) is 14.4 Å². The van der Waals surface area contributed by atoms with Crippen LogP contribution in [0.15, 0.2) is 54.1 Å². The SMILES string of the molecule is CCc1cccc(CC)c1NC(=O)c1cccc(N2C(=O)[C@@H]3[C@@H](C2=O)[C@H]2C=C(C)[C@H]3C2)c1. The second-order valence-corrected chi connectivity index (χ2v) is 9.14. The number of allylic oxidation sites excluding steroid dienone is 2. The van der Waals surface area contributed by atoms with E-state index in [2.05, 4.69) is 32.2 Å². The van der Waals surface area contributed by atoms with E-state index in [-0.39, 0.29) is 41.4 Å². The van der Waals surface area contributed by atoms with Gasteiger partial charge in [-0.15, -0.1) is 0 Å². The number of para-hydroxylation sites is 1. The zero-order valence-electron chi connectivity index (χ0n) is 18.7. The Morgan fingerprint density at radius 1 is 1.00 bits per heavy atom. The van der Waals surface area contributed by atoms with Gasteiger partial charge in [-0.05, 0) is 67.3 Å². The van der Waals surface area contributed by atoms with Crippen LogP contribution < -0.4 is 10.2 Å². The maximum Gasteiger partial charge on any atom is 0.255 e. The van der Waals surface area contributed by atoms with Gasteiger partial charge in [-0.2, -0.15) is 0 Å². The van der Waals surface area contributed by atoms with E-state index in [1.54, 1.807) is 24.3 Å². The number of nitrogens with zero attached hydrogens (tertiary/aromatic N) is 1. The molecule has 1 aliphatic heterocycles. The summed E-state index contributed by atoms with van der Waals surface area (Å²) in [4.78, 5) is 40.9. The highest BCUT2D eigenvalue weighted by molar-refractivity contribution is 6.23. The molecule has 5 rings (SSSR count). The molecule has 0 unspecified atom stereocenters. The third kappa shape index (κ3) is 3.02. The molecular formula is C27H28N2O3. The van der Waals surface area contributed by atoms with Crippen LogP contribution in [0.5, 0.6) is 0 Å². The second-order valence-electron chi connectivity index (χ2n) is 9.14. The van der Waals surface area contributed by atoms with Crippen molar-refractivity contribution in [3.63, 3.8) is 0 Å². The number of fused-ring (bicyclic) bond motifs is 5. The average molecular weight is 429 g/mol. The first-order valence-corrected chi connectivity index (χ1v) is 11.5. The molecule has 5 nitrogen and oxygen atoms in total. The number of hydrogen-bond acceptors (Lipinski definition) is 3. The summed E-state index contributed by atoms with van der Waals surface area (Å²) >= 11 is 0. The van der Waals surface area contributed by atoms with Gasteiger partial charge < -0.3 is 5.32 Å². The molecule has 2 bridgehead atoms. The lowest BCUT2D eigenvalue weighted by Crippen LogP contribution is -2.33. The van der Waals surface area contributed by atoms with Crippen molar-refractivity contribution in [2.45, 2.75) is 40.0 Å². The molecule has 4 atom stereocenters. The lowest BCUT2D eigenvalue weighted by atomic mass is 9.82. The Hall–Kier alpha value is -3.21. The number of benzene rings is 2. The minimum Gasteiger partial charge on any atom is -0.321 e. The molecule has 1 N–H and O–H groups in total. The molecule has 0 aromatic heterocycles. The van der Waals surface area contributed by atoms with Gasteiger partial charge in [0.1, 0.15) is 0 Å². The highest BCUT2D eigenvalue weighted by atomic mass is 16.2. The monoisotopic (exact) mass is 428 g/mol. The Morgan fingerprint density at radius 2 is 1.66 bits per heavy atom. The van der Waals surface area contributed by atoms with Crippen LogP contribution in [0, 0.1) is 23.7 Å². The molecule has 2 fully saturated rings. The summed E-state index contributed by atoms with van der Waals surface area (Å²) in [6.07, 6.45) is 4.71. The van der Waals surface area contributed by atoms with E-state index in [4.69, 9.17) is 0 Å². The molecule has 0 radical (unpaired) electrons. The predicted molar refractivity (Wildman–Crippen MR) is 124 cm³/mol. The molecule has 0 spiro atoms. The summed E-state index contributed by atoms with van der Waals surface area (Å²) in [6.45, 7) is 6.19. The Kier molecular flexibility index (Phi) is 5.00. The Morgan fingerprint density at radius 3 is 2.34 bits per heavy atom. The summed E-state index contributed by atoms with van der Waals surface area (Å²) < 4.78 is 0. The third-order valence-electron chi connectivity index (χ3n) is 7.48. The molecule has 3 amide bonds. The maximum absolute atomic E-state index is 13.2. The van der Waals surface area contributed by atoms with Crippen molar-refractivity contribution < 1.29 is 14.4 Å². The Labute approximate surface area is 188 Å². The van der Waals surface area contributed by atoms with Crippen molar-refractivity contribution in [2.75, 3.05) is 10.2 Å². The minimum absolute atomic E-state index is 0.123. The lowest BCUT2D eigenvalue weighted by Gasteiger charge is -2.19. The van der Waals surface area contributed by atoms with E-state index < -0.39 is 0 Å². The van der Waals surface area contributed by atoms with Gasteiger partial charge in [0.2, 0.25) is 11.8 Å². The highest BCUT2D eigenvalue weighted by Gasteiger charge is 2.60. The number of amides is 3. The quantitative estimate of drug-likeness (QED) is 0.551. The number of nitrogens with one attached hydrogen (secondary N) is 1. The van der Waals surface area contributed by atoms with Gasteiger partial charge in [0.15, 0.2) is 0 Å². The first-order valence-electron chi connectivity index (χ1n) is 11.5. The Bertz CT molecular complexity index is 1140. The summed E-state index contributed by atoms with van der Waals surface area (Å²) in [5.74, 6) is -0.650. The van der Waals surface area contributed by atoms with E-state index in [1.807, 2.05) is 18.2 Å². The summed E-state index contributed by atoms with van der Waals surface area (Å²) in [6, 6.07) is 12.9. The van der Waals surface area contributed by atoms with Crippen LogP contribution in [-0.4, -0.2) is 17.7 Å². The van der Waals surface area contributed by atoms with Crippen LogP contribution in [0.2, 0.25) is 0 Å². The van der Waals surface area contributed by atoms with Crippen molar-refractivity contribution >= 4 is 29.1 Å². The number of carbonyl (C=O) groups is 3. The number of hydrogen-bond donors (Lipinski definition) is 1. The van der Waals surface area contributed by atoms with Crippen molar-refractivity contribution in [3.05, 3.63) is 70.8 Å². The molecule has 1 saturated heterocycles. The molecule has 2 aliphatic carbocycles. The van der Waals surface area contributed by atoms with E-state index >= 15 is 0 Å². The molecule has 5 heteroatoms. The van der Waals surface area contributed by atoms with Crippen molar-refractivity contribution in [3.8, 4) is 0 Å². The highest BCUT2D eigenvalue weighted by Crippen LogP contribution is 2.55. The van der Waals surface area contributed by atoms with Crippen LogP contribution in [0.4, 0.5) is 11.4 Å². The normalized spacial score (nSPS) is 25.8. The first kappa shape index (κ1) is 20.7. The third-order valence-corrected chi connectivity index (χ3v) is 7.48. The Balaban J connectivity index is 1.42. The number of rotatable bonds is 5. The second kappa shape index (κ2) is 7.73. The van der Waals surface area contributed by atoms with E-state index in [1.165, 1.54) is 10.5 Å².